The number of thiazole rings is 1. The van der Waals surface area contributed by atoms with Crippen LogP contribution in [0.4, 0.5) is 5.13 Å². The number of carbonyl (C=O) groups excluding carboxylic acids is 1. The highest BCUT2D eigenvalue weighted by atomic mass is 35.5. The molecule has 0 spiro atoms. The Bertz CT molecular complexity index is 1120. The van der Waals surface area contributed by atoms with E-state index in [1.54, 1.807) is 24.3 Å². The SMILES string of the molecule is O=C(CSc1nnc(COc2ccc(Cl)cc2)o1)Nc1nc(-c2ccccc2)cs1. The number of halogens is 1. The molecule has 0 aliphatic rings. The van der Waals surface area contributed by atoms with Gasteiger partial charge < -0.3 is 14.5 Å². The monoisotopic (exact) mass is 458 g/mol. The summed E-state index contributed by atoms with van der Waals surface area (Å²) in [5.74, 6) is 0.885. The van der Waals surface area contributed by atoms with Crippen molar-refractivity contribution in [2.45, 2.75) is 11.8 Å². The van der Waals surface area contributed by atoms with Crippen LogP contribution in [0.5, 0.6) is 5.75 Å². The lowest BCUT2D eigenvalue weighted by molar-refractivity contribution is -0.113. The van der Waals surface area contributed by atoms with Crippen molar-refractivity contribution in [1.82, 2.24) is 15.2 Å². The molecule has 0 bridgehead atoms. The molecule has 0 unspecified atom stereocenters. The minimum absolute atomic E-state index is 0.125. The third kappa shape index (κ3) is 5.59. The number of anilines is 1. The van der Waals surface area contributed by atoms with Gasteiger partial charge in [-0.1, -0.05) is 53.7 Å². The van der Waals surface area contributed by atoms with Gasteiger partial charge in [0.25, 0.3) is 11.1 Å². The number of amides is 1. The molecule has 0 aliphatic heterocycles. The van der Waals surface area contributed by atoms with Crippen LogP contribution in [0.1, 0.15) is 5.89 Å². The smallest absolute Gasteiger partial charge is 0.277 e. The van der Waals surface area contributed by atoms with Crippen LogP contribution in [0.15, 0.2) is 69.6 Å². The van der Waals surface area contributed by atoms with Gasteiger partial charge in [-0.05, 0) is 24.3 Å². The van der Waals surface area contributed by atoms with E-state index in [1.807, 2.05) is 35.7 Å². The Morgan fingerprint density at radius 3 is 2.73 bits per heavy atom. The number of ether oxygens (including phenoxy) is 1. The summed E-state index contributed by atoms with van der Waals surface area (Å²) in [6, 6.07) is 16.8. The number of thioether (sulfide) groups is 1. The molecule has 0 saturated heterocycles. The van der Waals surface area contributed by atoms with Crippen molar-refractivity contribution < 1.29 is 13.9 Å². The molecule has 0 radical (unpaired) electrons. The van der Waals surface area contributed by atoms with Gasteiger partial charge in [0.15, 0.2) is 11.7 Å². The van der Waals surface area contributed by atoms with Gasteiger partial charge >= 0.3 is 0 Å². The standard InChI is InChI=1S/C20H15ClN4O3S2/c21-14-6-8-15(9-7-14)27-10-18-24-25-20(28-18)30-12-17(26)23-19-22-16(11-29-19)13-4-2-1-3-5-13/h1-9,11H,10,12H2,(H,22,23,26). The highest BCUT2D eigenvalue weighted by Crippen LogP contribution is 2.25. The van der Waals surface area contributed by atoms with Gasteiger partial charge in [-0.15, -0.1) is 21.5 Å². The minimum Gasteiger partial charge on any atom is -0.484 e. The maximum absolute atomic E-state index is 12.2. The first-order valence-electron chi connectivity index (χ1n) is 8.80. The fourth-order valence-corrected chi connectivity index (χ4v) is 3.83. The molecule has 10 heteroatoms. The molecule has 4 rings (SSSR count). The van der Waals surface area contributed by atoms with Crippen molar-refractivity contribution in [3.05, 3.63) is 70.9 Å². The van der Waals surface area contributed by atoms with Crippen LogP contribution in [0, 0.1) is 0 Å². The van der Waals surface area contributed by atoms with Crippen molar-refractivity contribution >= 4 is 45.7 Å². The molecule has 7 nitrogen and oxygen atoms in total. The fraction of sp³-hybridized carbons (Fsp3) is 0.100. The molecule has 0 saturated carbocycles. The lowest BCUT2D eigenvalue weighted by Crippen LogP contribution is -2.13. The van der Waals surface area contributed by atoms with E-state index in [0.29, 0.717) is 27.0 Å². The van der Waals surface area contributed by atoms with Crippen LogP contribution < -0.4 is 10.1 Å². The zero-order valence-corrected chi connectivity index (χ0v) is 17.8. The van der Waals surface area contributed by atoms with E-state index in [-0.39, 0.29) is 18.3 Å². The number of aromatic nitrogens is 3. The summed E-state index contributed by atoms with van der Waals surface area (Å²) in [5.41, 5.74) is 1.83. The topological polar surface area (TPSA) is 90.1 Å². The third-order valence-corrected chi connectivity index (χ3v) is 5.60. The lowest BCUT2D eigenvalue weighted by atomic mass is 10.2. The summed E-state index contributed by atoms with van der Waals surface area (Å²) in [6.07, 6.45) is 0. The number of rotatable bonds is 8. The molecule has 1 N–H and O–H groups in total. The molecule has 0 atom stereocenters. The number of nitrogens with one attached hydrogen (secondary N) is 1. The van der Waals surface area contributed by atoms with E-state index in [9.17, 15) is 4.79 Å². The summed E-state index contributed by atoms with van der Waals surface area (Å²) in [4.78, 5) is 16.6. The molecule has 1 amide bonds. The Balaban J connectivity index is 1.24. The van der Waals surface area contributed by atoms with E-state index in [2.05, 4.69) is 20.5 Å². The first-order valence-corrected chi connectivity index (χ1v) is 11.0. The summed E-state index contributed by atoms with van der Waals surface area (Å²) in [6.45, 7) is 0.128. The highest BCUT2D eigenvalue weighted by Gasteiger charge is 2.12. The van der Waals surface area contributed by atoms with Crippen LogP contribution in [0.3, 0.4) is 0 Å². The Morgan fingerprint density at radius 2 is 1.93 bits per heavy atom. The number of nitrogens with zero attached hydrogens (tertiary/aromatic N) is 3. The number of carbonyl (C=O) groups is 1. The number of benzene rings is 2. The molecular formula is C20H15ClN4O3S2. The zero-order chi connectivity index (χ0) is 20.8. The van der Waals surface area contributed by atoms with Crippen molar-refractivity contribution in [2.24, 2.45) is 0 Å². The van der Waals surface area contributed by atoms with E-state index in [0.717, 1.165) is 23.0 Å². The van der Waals surface area contributed by atoms with Gasteiger partial charge in [-0.3, -0.25) is 4.79 Å². The quantitative estimate of drug-likeness (QED) is 0.365. The van der Waals surface area contributed by atoms with Gasteiger partial charge in [0.1, 0.15) is 5.75 Å². The molecule has 2 aromatic carbocycles. The second-order valence-electron chi connectivity index (χ2n) is 5.95. The second-order valence-corrected chi connectivity index (χ2v) is 8.17. The molecule has 2 aromatic heterocycles. The Labute approximate surface area is 185 Å². The van der Waals surface area contributed by atoms with Crippen molar-refractivity contribution in [3.8, 4) is 17.0 Å². The predicted octanol–water partition coefficient (Wildman–Crippen LogP) is 5.16. The zero-order valence-electron chi connectivity index (χ0n) is 15.4. The van der Waals surface area contributed by atoms with Gasteiger partial charge in [-0.2, -0.15) is 0 Å². The predicted molar refractivity (Wildman–Crippen MR) is 117 cm³/mol. The maximum Gasteiger partial charge on any atom is 0.277 e. The summed E-state index contributed by atoms with van der Waals surface area (Å²) in [5, 5.41) is 14.0. The van der Waals surface area contributed by atoms with Crippen molar-refractivity contribution in [1.29, 1.82) is 0 Å². The maximum atomic E-state index is 12.2. The van der Waals surface area contributed by atoms with Gasteiger partial charge in [0.05, 0.1) is 11.4 Å². The van der Waals surface area contributed by atoms with E-state index in [1.165, 1.54) is 11.3 Å². The minimum atomic E-state index is -0.203. The van der Waals surface area contributed by atoms with E-state index >= 15 is 0 Å². The Morgan fingerprint density at radius 1 is 1.13 bits per heavy atom. The Hall–Kier alpha value is -2.88. The van der Waals surface area contributed by atoms with Crippen LogP contribution in [-0.4, -0.2) is 26.8 Å². The van der Waals surface area contributed by atoms with Crippen LogP contribution in [0.25, 0.3) is 11.3 Å². The molecule has 4 aromatic rings. The molecule has 2 heterocycles. The summed E-state index contributed by atoms with van der Waals surface area (Å²) < 4.78 is 11.0. The fourth-order valence-electron chi connectivity index (χ4n) is 2.39. The molecule has 30 heavy (non-hydrogen) atoms. The normalized spacial score (nSPS) is 10.7. The number of hydrogen-bond donors (Lipinski definition) is 1. The van der Waals surface area contributed by atoms with Crippen molar-refractivity contribution in [2.75, 3.05) is 11.1 Å². The lowest BCUT2D eigenvalue weighted by Gasteiger charge is -2.02. The van der Waals surface area contributed by atoms with Crippen LogP contribution in [-0.2, 0) is 11.4 Å². The average molecular weight is 459 g/mol. The van der Waals surface area contributed by atoms with Gasteiger partial charge in [0, 0.05) is 16.0 Å². The molecule has 0 fully saturated rings. The number of hydrogen-bond acceptors (Lipinski definition) is 8. The van der Waals surface area contributed by atoms with Crippen molar-refractivity contribution in [3.63, 3.8) is 0 Å². The largest absolute Gasteiger partial charge is 0.484 e. The van der Waals surface area contributed by atoms with Gasteiger partial charge in [0.2, 0.25) is 5.91 Å². The Kier molecular flexibility index (Phi) is 6.63. The van der Waals surface area contributed by atoms with E-state index in [4.69, 9.17) is 20.8 Å². The summed E-state index contributed by atoms with van der Waals surface area (Å²) in [7, 11) is 0. The molecule has 152 valence electrons. The summed E-state index contributed by atoms with van der Waals surface area (Å²) >= 11 is 8.36. The third-order valence-electron chi connectivity index (χ3n) is 3.77. The average Bonchev–Trinajstić information content (AvgIpc) is 3.42. The van der Waals surface area contributed by atoms with E-state index < -0.39 is 0 Å². The van der Waals surface area contributed by atoms with Crippen LogP contribution >= 0.6 is 34.7 Å². The first-order chi connectivity index (χ1) is 14.7. The van der Waals surface area contributed by atoms with Gasteiger partial charge in [-0.25, -0.2) is 4.98 Å². The first kappa shape index (κ1) is 20.4. The molecule has 0 aliphatic carbocycles. The molecular weight excluding hydrogens is 444 g/mol. The van der Waals surface area contributed by atoms with Crippen LogP contribution in [0.2, 0.25) is 5.02 Å². The highest BCUT2D eigenvalue weighted by molar-refractivity contribution is 7.99. The second kappa shape index (κ2) is 9.75.